The Morgan fingerprint density at radius 2 is 1.55 bits per heavy atom. The minimum atomic E-state index is -3.88. The van der Waals surface area contributed by atoms with Gasteiger partial charge < -0.3 is 9.73 Å². The summed E-state index contributed by atoms with van der Waals surface area (Å²) < 4.78 is 33.3. The summed E-state index contributed by atoms with van der Waals surface area (Å²) in [5.41, 5.74) is 2.35. The van der Waals surface area contributed by atoms with Crippen LogP contribution in [0.25, 0.3) is 11.5 Å². The van der Waals surface area contributed by atoms with E-state index >= 15 is 0 Å². The average Bonchev–Trinajstić information content (AvgIpc) is 3.14. The Kier molecular flexibility index (Phi) is 5.25. The molecular weight excluding hydrogens is 452 g/mol. The lowest BCUT2D eigenvalue weighted by Crippen LogP contribution is -2.05. The molecule has 0 amide bonds. The van der Waals surface area contributed by atoms with Crippen molar-refractivity contribution in [3.8, 4) is 11.5 Å². The fourth-order valence-electron chi connectivity index (χ4n) is 2.76. The zero-order chi connectivity index (χ0) is 20.4. The largest absolute Gasteiger partial charge is 0.419 e. The van der Waals surface area contributed by atoms with Gasteiger partial charge in [0, 0.05) is 15.7 Å². The summed E-state index contributed by atoms with van der Waals surface area (Å²) in [5.74, 6) is 0.302. The second-order valence-electron chi connectivity index (χ2n) is 6.47. The highest BCUT2D eigenvalue weighted by Crippen LogP contribution is 2.34. The van der Waals surface area contributed by atoms with Gasteiger partial charge in [-0.1, -0.05) is 51.8 Å². The van der Waals surface area contributed by atoms with Crippen LogP contribution >= 0.6 is 15.9 Å². The van der Waals surface area contributed by atoms with Crippen molar-refractivity contribution in [1.82, 2.24) is 4.98 Å². The van der Waals surface area contributed by atoms with E-state index < -0.39 is 9.84 Å². The monoisotopic (exact) mass is 468 g/mol. The van der Waals surface area contributed by atoms with Crippen LogP contribution in [0.1, 0.15) is 5.56 Å². The summed E-state index contributed by atoms with van der Waals surface area (Å²) >= 11 is 3.39. The molecule has 0 atom stereocenters. The van der Waals surface area contributed by atoms with Gasteiger partial charge in [0.25, 0.3) is 0 Å². The summed E-state index contributed by atoms with van der Waals surface area (Å²) in [7, 11) is -3.88. The van der Waals surface area contributed by atoms with Crippen molar-refractivity contribution in [2.24, 2.45) is 0 Å². The third-order valence-electron chi connectivity index (χ3n) is 4.30. The van der Waals surface area contributed by atoms with Crippen molar-refractivity contribution < 1.29 is 12.8 Å². The highest BCUT2D eigenvalue weighted by Gasteiger charge is 2.28. The van der Waals surface area contributed by atoms with Gasteiger partial charge in [0.2, 0.25) is 26.6 Å². The molecule has 1 N–H and O–H groups in total. The molecule has 4 aromatic rings. The van der Waals surface area contributed by atoms with Crippen molar-refractivity contribution >= 4 is 37.3 Å². The number of sulfone groups is 1. The molecule has 0 saturated carbocycles. The van der Waals surface area contributed by atoms with E-state index in [1.807, 2.05) is 61.5 Å². The van der Waals surface area contributed by atoms with Crippen LogP contribution in [0.3, 0.4) is 0 Å². The SMILES string of the molecule is Cc1ccc(S(=O)(=O)c2nc(-c3ccc(Br)cc3)oc2Nc2ccccc2)cc1. The van der Waals surface area contributed by atoms with Gasteiger partial charge in [-0.05, 0) is 55.5 Å². The first kappa shape index (κ1) is 19.4. The number of halogens is 1. The number of aromatic nitrogens is 1. The van der Waals surface area contributed by atoms with Crippen molar-refractivity contribution in [2.45, 2.75) is 16.8 Å². The molecule has 0 bridgehead atoms. The van der Waals surface area contributed by atoms with Gasteiger partial charge in [0.05, 0.1) is 4.90 Å². The number of nitrogens with zero attached hydrogens (tertiary/aromatic N) is 1. The molecule has 0 spiro atoms. The van der Waals surface area contributed by atoms with Gasteiger partial charge in [-0.2, -0.15) is 4.98 Å². The maximum atomic E-state index is 13.3. The van der Waals surface area contributed by atoms with Gasteiger partial charge in [-0.25, -0.2) is 8.42 Å². The number of para-hydroxylation sites is 1. The van der Waals surface area contributed by atoms with Crippen LogP contribution in [-0.4, -0.2) is 13.4 Å². The molecule has 0 fully saturated rings. The quantitative estimate of drug-likeness (QED) is 0.389. The highest BCUT2D eigenvalue weighted by molar-refractivity contribution is 9.10. The predicted molar refractivity (Wildman–Crippen MR) is 116 cm³/mol. The number of aryl methyl sites for hydroxylation is 1. The maximum absolute atomic E-state index is 13.3. The molecule has 5 nitrogen and oxygen atoms in total. The molecule has 0 aliphatic carbocycles. The van der Waals surface area contributed by atoms with E-state index in [0.717, 1.165) is 10.0 Å². The summed E-state index contributed by atoms with van der Waals surface area (Å²) in [6.45, 7) is 1.90. The Hall–Kier alpha value is -2.90. The first-order chi connectivity index (χ1) is 13.9. The third-order valence-corrected chi connectivity index (χ3v) is 6.51. The lowest BCUT2D eigenvalue weighted by atomic mass is 10.2. The van der Waals surface area contributed by atoms with E-state index in [0.29, 0.717) is 11.3 Å². The van der Waals surface area contributed by atoms with Crippen molar-refractivity contribution in [2.75, 3.05) is 5.32 Å². The van der Waals surface area contributed by atoms with Crippen LogP contribution in [0.4, 0.5) is 11.6 Å². The summed E-state index contributed by atoms with van der Waals surface area (Å²) in [6, 6.07) is 23.2. The van der Waals surface area contributed by atoms with E-state index in [2.05, 4.69) is 26.2 Å². The molecule has 29 heavy (non-hydrogen) atoms. The Bertz CT molecular complexity index is 1230. The van der Waals surface area contributed by atoms with E-state index in [-0.39, 0.29) is 21.7 Å². The first-order valence-electron chi connectivity index (χ1n) is 8.84. The van der Waals surface area contributed by atoms with E-state index in [1.165, 1.54) is 0 Å². The van der Waals surface area contributed by atoms with Crippen LogP contribution in [0, 0.1) is 6.92 Å². The summed E-state index contributed by atoms with van der Waals surface area (Å²) in [4.78, 5) is 4.51. The third kappa shape index (κ3) is 4.11. The van der Waals surface area contributed by atoms with Crippen molar-refractivity contribution in [3.05, 3.63) is 88.9 Å². The first-order valence-corrected chi connectivity index (χ1v) is 11.1. The zero-order valence-electron chi connectivity index (χ0n) is 15.5. The molecule has 0 aliphatic rings. The van der Waals surface area contributed by atoms with Crippen molar-refractivity contribution in [1.29, 1.82) is 0 Å². The smallest absolute Gasteiger partial charge is 0.238 e. The van der Waals surface area contributed by atoms with Gasteiger partial charge in [0.1, 0.15) is 0 Å². The summed E-state index contributed by atoms with van der Waals surface area (Å²) in [6.07, 6.45) is 0. The lowest BCUT2D eigenvalue weighted by Gasteiger charge is -2.06. The molecule has 0 unspecified atom stereocenters. The predicted octanol–water partition coefficient (Wildman–Crippen LogP) is 5.99. The van der Waals surface area contributed by atoms with Gasteiger partial charge in [-0.15, -0.1) is 0 Å². The van der Waals surface area contributed by atoms with Crippen LogP contribution < -0.4 is 5.32 Å². The standard InChI is InChI=1S/C22H17BrN2O3S/c1-15-7-13-19(14-8-15)29(26,27)22-21(24-18-5-3-2-4-6-18)28-20(25-22)16-9-11-17(23)12-10-16/h2-14,24H,1H3. The maximum Gasteiger partial charge on any atom is 0.238 e. The molecule has 0 saturated heterocycles. The normalized spacial score (nSPS) is 11.4. The van der Waals surface area contributed by atoms with E-state index in [4.69, 9.17) is 4.42 Å². The Morgan fingerprint density at radius 1 is 0.897 bits per heavy atom. The fourth-order valence-corrected chi connectivity index (χ4v) is 4.29. The van der Waals surface area contributed by atoms with Gasteiger partial charge in [-0.3, -0.25) is 0 Å². The summed E-state index contributed by atoms with van der Waals surface area (Å²) in [5, 5.41) is 2.89. The second-order valence-corrected chi connectivity index (χ2v) is 9.25. The lowest BCUT2D eigenvalue weighted by molar-refractivity contribution is 0.582. The minimum absolute atomic E-state index is 0.0784. The minimum Gasteiger partial charge on any atom is -0.419 e. The van der Waals surface area contributed by atoms with E-state index in [9.17, 15) is 8.42 Å². The Labute approximate surface area is 177 Å². The molecule has 3 aromatic carbocycles. The molecule has 0 aliphatic heterocycles. The Balaban J connectivity index is 1.84. The number of hydrogen-bond acceptors (Lipinski definition) is 5. The van der Waals surface area contributed by atoms with Crippen LogP contribution in [0.2, 0.25) is 0 Å². The number of benzene rings is 3. The Morgan fingerprint density at radius 3 is 2.21 bits per heavy atom. The topological polar surface area (TPSA) is 72.2 Å². The number of nitrogens with one attached hydrogen (secondary N) is 1. The second kappa shape index (κ2) is 7.85. The molecular formula is C22H17BrN2O3S. The van der Waals surface area contributed by atoms with Crippen LogP contribution in [0.15, 0.2) is 97.7 Å². The van der Waals surface area contributed by atoms with Crippen LogP contribution in [-0.2, 0) is 9.84 Å². The van der Waals surface area contributed by atoms with E-state index in [1.54, 1.807) is 24.3 Å². The molecule has 1 aromatic heterocycles. The van der Waals surface area contributed by atoms with Gasteiger partial charge in [0.15, 0.2) is 0 Å². The highest BCUT2D eigenvalue weighted by atomic mass is 79.9. The number of hydrogen-bond donors (Lipinski definition) is 1. The van der Waals surface area contributed by atoms with Gasteiger partial charge >= 0.3 is 0 Å². The molecule has 7 heteroatoms. The average molecular weight is 469 g/mol. The van der Waals surface area contributed by atoms with Crippen molar-refractivity contribution in [3.63, 3.8) is 0 Å². The molecule has 0 radical (unpaired) electrons. The number of anilines is 2. The van der Waals surface area contributed by atoms with Crippen LogP contribution in [0.5, 0.6) is 0 Å². The fraction of sp³-hybridized carbons (Fsp3) is 0.0455. The molecule has 4 rings (SSSR count). The number of rotatable bonds is 5. The number of oxazole rings is 1. The molecule has 146 valence electrons. The molecule has 1 heterocycles. The zero-order valence-corrected chi connectivity index (χ0v) is 17.9.